The van der Waals surface area contributed by atoms with Crippen LogP contribution in [0, 0.1) is 0 Å². The lowest BCUT2D eigenvalue weighted by Crippen LogP contribution is -2.43. The van der Waals surface area contributed by atoms with E-state index < -0.39 is 12.4 Å². The predicted octanol–water partition coefficient (Wildman–Crippen LogP) is 2.25. The van der Waals surface area contributed by atoms with Crippen molar-refractivity contribution >= 4 is 6.03 Å². The number of aliphatic hydroxyl groups excluding tert-OH is 1. The maximum absolute atomic E-state index is 12.3. The number of hydrogen-bond donors (Lipinski definition) is 2. The summed E-state index contributed by atoms with van der Waals surface area (Å²) in [5.41, 5.74) is 0.230. The van der Waals surface area contributed by atoms with Gasteiger partial charge in [0.2, 0.25) is 0 Å². The van der Waals surface area contributed by atoms with Gasteiger partial charge < -0.3 is 20.1 Å². The lowest BCUT2D eigenvalue weighted by molar-refractivity contribution is -0.274. The van der Waals surface area contributed by atoms with Gasteiger partial charge in [-0.1, -0.05) is 18.2 Å². The largest absolute Gasteiger partial charge is 0.573 e. The molecule has 0 aliphatic carbocycles. The van der Waals surface area contributed by atoms with Gasteiger partial charge in [0.1, 0.15) is 5.75 Å². The first-order valence-corrected chi connectivity index (χ1v) is 6.89. The highest BCUT2D eigenvalue weighted by molar-refractivity contribution is 5.75. The number of benzene rings is 1. The van der Waals surface area contributed by atoms with Crippen molar-refractivity contribution in [1.29, 1.82) is 0 Å². The molecule has 2 rings (SSSR count). The molecule has 1 heterocycles. The summed E-state index contributed by atoms with van der Waals surface area (Å²) in [6.07, 6.45) is -3.26. The number of carbonyl (C=O) groups excluding carboxylic acids is 1. The Balaban J connectivity index is 1.98. The fraction of sp³-hybridized carbons (Fsp3) is 0.500. The fourth-order valence-corrected chi connectivity index (χ4v) is 2.44. The molecule has 122 valence electrons. The van der Waals surface area contributed by atoms with Crippen molar-refractivity contribution in [2.75, 3.05) is 13.2 Å². The Morgan fingerprint density at radius 1 is 1.41 bits per heavy atom. The molecule has 1 saturated heterocycles. The van der Waals surface area contributed by atoms with Crippen LogP contribution in [0.25, 0.3) is 0 Å². The molecule has 0 aromatic heterocycles. The first-order chi connectivity index (χ1) is 10.4. The molecule has 1 aromatic rings. The number of ether oxygens (including phenoxy) is 1. The van der Waals surface area contributed by atoms with Gasteiger partial charge in [-0.15, -0.1) is 13.2 Å². The number of urea groups is 1. The van der Waals surface area contributed by atoms with Crippen molar-refractivity contribution in [3.05, 3.63) is 29.8 Å². The molecular formula is C14H17F3N2O3. The zero-order valence-corrected chi connectivity index (χ0v) is 11.8. The number of nitrogens with one attached hydrogen (secondary N) is 1. The summed E-state index contributed by atoms with van der Waals surface area (Å²) in [7, 11) is 0. The van der Waals surface area contributed by atoms with Crippen LogP contribution in [0.5, 0.6) is 5.75 Å². The predicted molar refractivity (Wildman–Crippen MR) is 72.2 cm³/mol. The molecule has 5 nitrogen and oxygen atoms in total. The molecule has 1 atom stereocenters. The second-order valence-electron chi connectivity index (χ2n) is 4.99. The molecule has 0 spiro atoms. The van der Waals surface area contributed by atoms with E-state index >= 15 is 0 Å². The first kappa shape index (κ1) is 16.4. The average Bonchev–Trinajstić information content (AvgIpc) is 2.93. The molecule has 0 saturated carbocycles. The minimum absolute atomic E-state index is 0.0836. The van der Waals surface area contributed by atoms with Gasteiger partial charge in [0.15, 0.2) is 0 Å². The van der Waals surface area contributed by atoms with Crippen LogP contribution in [0.3, 0.4) is 0 Å². The molecule has 1 aliphatic rings. The number of alkyl halides is 3. The number of likely N-dealkylation sites (tertiary alicyclic amines) is 1. The van der Waals surface area contributed by atoms with Crippen molar-refractivity contribution in [3.63, 3.8) is 0 Å². The summed E-state index contributed by atoms with van der Waals surface area (Å²) in [6, 6.07) is 5.00. The number of para-hydroxylation sites is 1. The van der Waals surface area contributed by atoms with Crippen molar-refractivity contribution < 1.29 is 27.8 Å². The number of hydrogen-bond acceptors (Lipinski definition) is 3. The van der Waals surface area contributed by atoms with Crippen LogP contribution in [0.1, 0.15) is 18.4 Å². The van der Waals surface area contributed by atoms with E-state index in [1.165, 1.54) is 23.1 Å². The van der Waals surface area contributed by atoms with Gasteiger partial charge in [-0.2, -0.15) is 0 Å². The average molecular weight is 318 g/mol. The van der Waals surface area contributed by atoms with E-state index in [1.807, 2.05) is 0 Å². The molecule has 1 aliphatic heterocycles. The van der Waals surface area contributed by atoms with Crippen LogP contribution in [-0.2, 0) is 6.54 Å². The molecule has 2 N–H and O–H groups in total. The van der Waals surface area contributed by atoms with Crippen molar-refractivity contribution in [2.24, 2.45) is 0 Å². The second-order valence-corrected chi connectivity index (χ2v) is 4.99. The standard InChI is InChI=1S/C14H17F3N2O3/c15-14(16,17)22-12-6-2-1-4-10(12)8-18-13(21)19-7-3-5-11(19)9-20/h1-2,4,6,11,20H,3,5,7-9H2,(H,18,21)/t11-/m0/s1. The van der Waals surface area contributed by atoms with Gasteiger partial charge in [-0.25, -0.2) is 4.79 Å². The van der Waals surface area contributed by atoms with Crippen LogP contribution < -0.4 is 10.1 Å². The summed E-state index contributed by atoms with van der Waals surface area (Å²) < 4.78 is 40.9. The summed E-state index contributed by atoms with van der Waals surface area (Å²) in [6.45, 7) is 0.318. The van der Waals surface area contributed by atoms with Crippen LogP contribution in [-0.4, -0.2) is 41.6 Å². The van der Waals surface area contributed by atoms with Gasteiger partial charge in [-0.05, 0) is 18.9 Å². The highest BCUT2D eigenvalue weighted by Crippen LogP contribution is 2.26. The van der Waals surface area contributed by atoms with Crippen LogP contribution in [0.4, 0.5) is 18.0 Å². The normalized spacial score (nSPS) is 18.4. The third kappa shape index (κ3) is 4.27. The smallest absolute Gasteiger partial charge is 0.405 e. The number of amides is 2. The first-order valence-electron chi connectivity index (χ1n) is 6.89. The molecule has 2 amide bonds. The zero-order valence-electron chi connectivity index (χ0n) is 11.8. The fourth-order valence-electron chi connectivity index (χ4n) is 2.44. The van der Waals surface area contributed by atoms with Crippen LogP contribution in [0.2, 0.25) is 0 Å². The van der Waals surface area contributed by atoms with Gasteiger partial charge in [0, 0.05) is 18.7 Å². The Morgan fingerprint density at radius 2 is 2.14 bits per heavy atom. The Hall–Kier alpha value is -1.96. The molecule has 0 bridgehead atoms. The Kier molecular flexibility index (Phi) is 5.12. The van der Waals surface area contributed by atoms with Gasteiger partial charge >= 0.3 is 12.4 Å². The van der Waals surface area contributed by atoms with Gasteiger partial charge in [-0.3, -0.25) is 0 Å². The van der Waals surface area contributed by atoms with E-state index in [1.54, 1.807) is 6.07 Å². The van der Waals surface area contributed by atoms with E-state index in [-0.39, 0.29) is 30.5 Å². The maximum atomic E-state index is 12.3. The molecule has 8 heteroatoms. The molecule has 22 heavy (non-hydrogen) atoms. The van der Waals surface area contributed by atoms with Crippen molar-refractivity contribution in [1.82, 2.24) is 10.2 Å². The molecular weight excluding hydrogens is 301 g/mol. The van der Waals surface area contributed by atoms with Gasteiger partial charge in [0.25, 0.3) is 0 Å². The van der Waals surface area contributed by atoms with Crippen molar-refractivity contribution in [3.8, 4) is 5.75 Å². The number of nitrogens with zero attached hydrogens (tertiary/aromatic N) is 1. The minimum atomic E-state index is -4.78. The van der Waals surface area contributed by atoms with Crippen LogP contribution >= 0.6 is 0 Å². The Morgan fingerprint density at radius 3 is 2.82 bits per heavy atom. The zero-order chi connectivity index (χ0) is 16.2. The molecule has 1 fully saturated rings. The maximum Gasteiger partial charge on any atom is 0.573 e. The summed E-state index contributed by atoms with van der Waals surface area (Å²) >= 11 is 0. The lowest BCUT2D eigenvalue weighted by Gasteiger charge is -2.23. The van der Waals surface area contributed by atoms with E-state index in [4.69, 9.17) is 0 Å². The Labute approximate surface area is 125 Å². The highest BCUT2D eigenvalue weighted by Gasteiger charge is 2.32. The van der Waals surface area contributed by atoms with Crippen LogP contribution in [0.15, 0.2) is 24.3 Å². The Bertz CT molecular complexity index is 522. The second kappa shape index (κ2) is 6.87. The van der Waals surface area contributed by atoms with Gasteiger partial charge in [0.05, 0.1) is 12.6 Å². The van der Waals surface area contributed by atoms with Crippen molar-refractivity contribution in [2.45, 2.75) is 31.8 Å². The third-order valence-electron chi connectivity index (χ3n) is 3.48. The summed E-state index contributed by atoms with van der Waals surface area (Å²) in [5, 5.41) is 11.7. The monoisotopic (exact) mass is 318 g/mol. The SMILES string of the molecule is O=C(NCc1ccccc1OC(F)(F)F)N1CCC[C@H]1CO. The van der Waals surface area contributed by atoms with E-state index in [2.05, 4.69) is 10.1 Å². The third-order valence-corrected chi connectivity index (χ3v) is 3.48. The highest BCUT2D eigenvalue weighted by atomic mass is 19.4. The minimum Gasteiger partial charge on any atom is -0.405 e. The summed E-state index contributed by atoms with van der Waals surface area (Å²) in [4.78, 5) is 13.5. The van der Waals surface area contributed by atoms with E-state index in [9.17, 15) is 23.1 Å². The summed E-state index contributed by atoms with van der Waals surface area (Å²) in [5.74, 6) is -0.338. The topological polar surface area (TPSA) is 61.8 Å². The van der Waals surface area contributed by atoms with E-state index in [0.717, 1.165) is 12.8 Å². The lowest BCUT2D eigenvalue weighted by atomic mass is 10.2. The molecule has 0 radical (unpaired) electrons. The number of aliphatic hydroxyl groups is 1. The number of rotatable bonds is 4. The quantitative estimate of drug-likeness (QED) is 0.895. The number of halogens is 3. The molecule has 1 aromatic carbocycles. The van der Waals surface area contributed by atoms with E-state index in [0.29, 0.717) is 6.54 Å². The number of carbonyl (C=O) groups is 1. The molecule has 0 unspecified atom stereocenters.